The molecule has 1 N–H and O–H groups in total. The molecule has 0 aromatic rings. The van der Waals surface area contributed by atoms with Crippen molar-refractivity contribution in [3.63, 3.8) is 0 Å². The van der Waals surface area contributed by atoms with Crippen LogP contribution in [0.1, 0.15) is 12.8 Å². The third-order valence-corrected chi connectivity index (χ3v) is 1.73. The molecular formula is C7H15N2O. The highest BCUT2D eigenvalue weighted by molar-refractivity contribution is 4.64. The Morgan fingerprint density at radius 2 is 2.60 bits per heavy atom. The summed E-state index contributed by atoms with van der Waals surface area (Å²) in [6.07, 6.45) is 2.66. The summed E-state index contributed by atoms with van der Waals surface area (Å²) in [7, 11) is 1.97. The molecule has 0 aromatic heterocycles. The highest BCUT2D eigenvalue weighted by Crippen LogP contribution is 2.05. The van der Waals surface area contributed by atoms with Crippen LogP contribution in [0.2, 0.25) is 0 Å². The van der Waals surface area contributed by atoms with Crippen LogP contribution in [0, 0.1) is 0 Å². The normalized spacial score (nSPS) is 26.7. The van der Waals surface area contributed by atoms with Gasteiger partial charge in [0.05, 0.1) is 6.10 Å². The van der Waals surface area contributed by atoms with Crippen LogP contribution in [-0.4, -0.2) is 33.0 Å². The Labute approximate surface area is 62.1 Å². The zero-order chi connectivity index (χ0) is 7.23. The Hall–Kier alpha value is -0.120. The van der Waals surface area contributed by atoms with E-state index in [1.807, 2.05) is 7.05 Å². The van der Waals surface area contributed by atoms with Gasteiger partial charge in [0.2, 0.25) is 0 Å². The van der Waals surface area contributed by atoms with Crippen LogP contribution in [0.5, 0.6) is 0 Å². The molecule has 1 saturated heterocycles. The van der Waals surface area contributed by atoms with Crippen LogP contribution in [0.3, 0.4) is 0 Å². The highest BCUT2D eigenvalue weighted by Gasteiger charge is 2.12. The predicted molar refractivity (Wildman–Crippen MR) is 39.9 cm³/mol. The zero-order valence-electron chi connectivity index (χ0n) is 6.47. The summed E-state index contributed by atoms with van der Waals surface area (Å²) in [5, 5.41) is 7.20. The van der Waals surface area contributed by atoms with Crippen LogP contribution in [0.4, 0.5) is 0 Å². The van der Waals surface area contributed by atoms with Gasteiger partial charge in [-0.25, -0.2) is 5.32 Å². The van der Waals surface area contributed by atoms with E-state index in [0.717, 1.165) is 25.9 Å². The van der Waals surface area contributed by atoms with Gasteiger partial charge in [-0.15, -0.1) is 0 Å². The molecule has 3 heteroatoms. The largest absolute Gasteiger partial charge is 0.361 e. The van der Waals surface area contributed by atoms with Gasteiger partial charge in [0, 0.05) is 6.54 Å². The summed E-state index contributed by atoms with van der Waals surface area (Å²) in [6, 6.07) is 0. The van der Waals surface area contributed by atoms with Crippen molar-refractivity contribution in [2.24, 2.45) is 0 Å². The Bertz CT molecular complexity index is 81.7. The summed E-state index contributed by atoms with van der Waals surface area (Å²) in [5.74, 6) is 0. The lowest BCUT2D eigenvalue weighted by atomic mass is 10.1. The van der Waals surface area contributed by atoms with Crippen molar-refractivity contribution < 1.29 is 4.74 Å². The number of ether oxygens (including phenoxy) is 1. The molecule has 0 aliphatic carbocycles. The number of nitrogens with zero attached hydrogens (tertiary/aromatic N) is 1. The monoisotopic (exact) mass is 143 g/mol. The Kier molecular flexibility index (Phi) is 3.72. The van der Waals surface area contributed by atoms with E-state index < -0.39 is 0 Å². The Morgan fingerprint density at radius 3 is 3.20 bits per heavy atom. The van der Waals surface area contributed by atoms with Crippen LogP contribution >= 0.6 is 0 Å². The summed E-state index contributed by atoms with van der Waals surface area (Å²) < 4.78 is 5.37. The number of hydrogen-bond acceptors (Lipinski definition) is 2. The molecule has 10 heavy (non-hydrogen) atoms. The lowest BCUT2D eigenvalue weighted by Gasteiger charge is -2.21. The van der Waals surface area contributed by atoms with Crippen LogP contribution in [-0.2, 0) is 4.74 Å². The fourth-order valence-electron chi connectivity index (χ4n) is 1.07. The molecule has 1 fully saturated rings. The van der Waals surface area contributed by atoms with E-state index in [-0.39, 0.29) is 0 Å². The minimum Gasteiger partial charge on any atom is -0.361 e. The maximum Gasteiger partial charge on any atom is 0.112 e. The number of hydrogen-bond donors (Lipinski definition) is 1. The minimum absolute atomic E-state index is 0.449. The zero-order valence-corrected chi connectivity index (χ0v) is 6.47. The third kappa shape index (κ3) is 2.64. The first-order chi connectivity index (χ1) is 4.93. The fraction of sp³-hybridized carbons (Fsp3) is 1.00. The maximum atomic E-state index is 5.37. The van der Waals surface area contributed by atoms with Crippen molar-refractivity contribution in [1.82, 2.24) is 10.6 Å². The molecule has 1 unspecified atom stereocenters. The van der Waals surface area contributed by atoms with Crippen molar-refractivity contribution in [2.75, 3.05) is 26.9 Å². The lowest BCUT2D eigenvalue weighted by molar-refractivity contribution is 0.00110. The first-order valence-corrected chi connectivity index (χ1v) is 3.83. The smallest absolute Gasteiger partial charge is 0.112 e. The van der Waals surface area contributed by atoms with Gasteiger partial charge in [0.25, 0.3) is 0 Å². The van der Waals surface area contributed by atoms with E-state index in [1.165, 1.54) is 0 Å². The van der Waals surface area contributed by atoms with E-state index >= 15 is 0 Å². The van der Waals surface area contributed by atoms with Gasteiger partial charge >= 0.3 is 0 Å². The standard InChI is InChI=1S/C7H15N2O/c1-8-4-2-7-3-5-9-6-10-7/h7-8H,2-6H2,1H3. The summed E-state index contributed by atoms with van der Waals surface area (Å²) in [4.78, 5) is 0. The van der Waals surface area contributed by atoms with Gasteiger partial charge in [-0.2, -0.15) is 0 Å². The molecule has 1 heterocycles. The number of nitrogens with one attached hydrogen (secondary N) is 1. The van der Waals surface area contributed by atoms with Gasteiger partial charge in [-0.05, 0) is 26.4 Å². The van der Waals surface area contributed by atoms with Crippen LogP contribution in [0.25, 0.3) is 0 Å². The molecule has 59 valence electrons. The van der Waals surface area contributed by atoms with Crippen molar-refractivity contribution in [2.45, 2.75) is 18.9 Å². The predicted octanol–water partition coefficient (Wildman–Crippen LogP) is -0.0533. The van der Waals surface area contributed by atoms with E-state index in [1.54, 1.807) is 0 Å². The number of rotatable bonds is 3. The van der Waals surface area contributed by atoms with Gasteiger partial charge in [-0.1, -0.05) is 0 Å². The summed E-state index contributed by atoms with van der Waals surface area (Å²) >= 11 is 0. The molecule has 0 aromatic carbocycles. The van der Waals surface area contributed by atoms with Crippen molar-refractivity contribution in [1.29, 1.82) is 0 Å². The first-order valence-electron chi connectivity index (χ1n) is 3.83. The average molecular weight is 143 g/mol. The van der Waals surface area contributed by atoms with Crippen molar-refractivity contribution >= 4 is 0 Å². The molecule has 1 atom stereocenters. The van der Waals surface area contributed by atoms with E-state index in [4.69, 9.17) is 4.74 Å². The average Bonchev–Trinajstić information content (AvgIpc) is 2.03. The SMILES string of the molecule is CNCCC1CC[N]CO1. The highest BCUT2D eigenvalue weighted by atomic mass is 16.5. The molecule has 0 saturated carbocycles. The van der Waals surface area contributed by atoms with Crippen LogP contribution in [0.15, 0.2) is 0 Å². The van der Waals surface area contributed by atoms with Gasteiger partial charge in [-0.3, -0.25) is 0 Å². The molecule has 0 bridgehead atoms. The van der Waals surface area contributed by atoms with Crippen LogP contribution < -0.4 is 10.6 Å². The summed E-state index contributed by atoms with van der Waals surface area (Å²) in [5.41, 5.74) is 0. The minimum atomic E-state index is 0.449. The third-order valence-electron chi connectivity index (χ3n) is 1.73. The maximum absolute atomic E-state index is 5.37. The molecule has 0 amide bonds. The second kappa shape index (κ2) is 4.66. The van der Waals surface area contributed by atoms with Crippen molar-refractivity contribution in [3.8, 4) is 0 Å². The van der Waals surface area contributed by atoms with Gasteiger partial charge < -0.3 is 10.1 Å². The molecule has 0 spiro atoms. The fourth-order valence-corrected chi connectivity index (χ4v) is 1.07. The molecule has 1 aliphatic rings. The Morgan fingerprint density at radius 1 is 1.70 bits per heavy atom. The summed E-state index contributed by atoms with van der Waals surface area (Å²) in [6.45, 7) is 2.63. The molecule has 1 radical (unpaired) electrons. The Balaban J connectivity index is 2.02. The molecular weight excluding hydrogens is 128 g/mol. The lowest BCUT2D eigenvalue weighted by Crippen LogP contribution is -2.31. The van der Waals surface area contributed by atoms with E-state index in [2.05, 4.69) is 10.6 Å². The molecule has 3 nitrogen and oxygen atoms in total. The first kappa shape index (κ1) is 7.98. The van der Waals surface area contributed by atoms with Gasteiger partial charge in [0.1, 0.15) is 6.73 Å². The van der Waals surface area contributed by atoms with E-state index in [0.29, 0.717) is 12.8 Å². The van der Waals surface area contributed by atoms with Gasteiger partial charge in [0.15, 0.2) is 0 Å². The second-order valence-corrected chi connectivity index (χ2v) is 2.55. The molecule has 1 aliphatic heterocycles. The quantitative estimate of drug-likeness (QED) is 0.601. The van der Waals surface area contributed by atoms with Crippen molar-refractivity contribution in [3.05, 3.63) is 0 Å². The second-order valence-electron chi connectivity index (χ2n) is 2.55. The topological polar surface area (TPSA) is 35.4 Å². The molecule has 1 rings (SSSR count). The van der Waals surface area contributed by atoms with E-state index in [9.17, 15) is 0 Å².